The minimum absolute atomic E-state index is 0.0000296. The van der Waals surface area contributed by atoms with Crippen molar-refractivity contribution in [2.45, 2.75) is 186 Å². The fraction of sp³-hybridized carbons (Fsp3) is 0.783. The Labute approximate surface area is 352 Å². The average Bonchev–Trinajstić information content (AvgIpc) is 3.93. The van der Waals surface area contributed by atoms with Gasteiger partial charge >= 0.3 is 19.8 Å². The molecule has 0 aliphatic carbocycles. The van der Waals surface area contributed by atoms with Gasteiger partial charge in [-0.3, -0.25) is 18.6 Å². The third-order valence-electron chi connectivity index (χ3n) is 9.76. The lowest BCUT2D eigenvalue weighted by atomic mass is 10.1. The Morgan fingerprint density at radius 1 is 0.707 bits per heavy atom. The Hall–Kier alpha value is -2.11. The minimum Gasteiger partial charge on any atom is -0.462 e. The smallest absolute Gasteiger partial charge is 0.462 e. The molecular formula is C46H83NO10P+. The maximum Gasteiger partial charge on any atom is 0.472 e. The lowest BCUT2D eigenvalue weighted by Crippen LogP contribution is -2.37. The molecule has 5 atom stereocenters. The summed E-state index contributed by atoms with van der Waals surface area (Å²) in [4.78, 5) is 35.4. The SMILES string of the molecule is CCCCC/C=C/CC1OC1/C=C\C(O)C/C=C/CCCC(=O)OC(COC(=O)CCCCCCC/C=C\CCCCCCCC)COP(=O)(O)OCC[N+](C)(C)C. The monoisotopic (exact) mass is 841 g/mol. The van der Waals surface area contributed by atoms with Crippen LogP contribution in [0, 0.1) is 0 Å². The van der Waals surface area contributed by atoms with E-state index < -0.39 is 38.6 Å². The quantitative estimate of drug-likeness (QED) is 0.0153. The van der Waals surface area contributed by atoms with Crippen LogP contribution >= 0.6 is 7.82 Å². The molecule has 1 rings (SSSR count). The Morgan fingerprint density at radius 2 is 1.26 bits per heavy atom. The Bertz CT molecular complexity index is 1210. The van der Waals surface area contributed by atoms with E-state index in [2.05, 4.69) is 38.2 Å². The van der Waals surface area contributed by atoms with Crippen LogP contribution in [0.3, 0.4) is 0 Å². The first kappa shape index (κ1) is 53.9. The van der Waals surface area contributed by atoms with Gasteiger partial charge in [0.2, 0.25) is 0 Å². The van der Waals surface area contributed by atoms with E-state index in [9.17, 15) is 24.2 Å². The number of quaternary nitrogens is 1. The van der Waals surface area contributed by atoms with E-state index in [1.165, 1.54) is 64.2 Å². The van der Waals surface area contributed by atoms with E-state index in [4.69, 9.17) is 23.3 Å². The number of carbonyl (C=O) groups excluding carboxylic acids is 2. The van der Waals surface area contributed by atoms with Gasteiger partial charge in [-0.2, -0.15) is 0 Å². The molecule has 0 amide bonds. The molecule has 58 heavy (non-hydrogen) atoms. The molecule has 1 saturated heterocycles. The number of hydrogen-bond acceptors (Lipinski definition) is 9. The van der Waals surface area contributed by atoms with Crippen molar-refractivity contribution in [3.05, 3.63) is 48.6 Å². The van der Waals surface area contributed by atoms with Crippen LogP contribution in [0.5, 0.6) is 0 Å². The van der Waals surface area contributed by atoms with Gasteiger partial charge in [0.25, 0.3) is 0 Å². The molecule has 11 nitrogen and oxygen atoms in total. The average molecular weight is 841 g/mol. The summed E-state index contributed by atoms with van der Waals surface area (Å²) in [5, 5.41) is 10.3. The number of phosphoric ester groups is 1. The maximum atomic E-state index is 12.7. The van der Waals surface area contributed by atoms with Crippen molar-refractivity contribution < 1.29 is 51.9 Å². The van der Waals surface area contributed by atoms with Crippen LogP contribution in [-0.4, -0.2) is 98.3 Å². The zero-order chi connectivity index (χ0) is 42.7. The molecule has 12 heteroatoms. The first-order valence-corrected chi connectivity index (χ1v) is 24.1. The van der Waals surface area contributed by atoms with Gasteiger partial charge in [0.05, 0.1) is 40.0 Å². The van der Waals surface area contributed by atoms with Crippen molar-refractivity contribution in [2.24, 2.45) is 0 Å². The zero-order valence-electron chi connectivity index (χ0n) is 37.1. The Kier molecular flexibility index (Phi) is 32.1. The van der Waals surface area contributed by atoms with Gasteiger partial charge in [-0.25, -0.2) is 4.57 Å². The predicted octanol–water partition coefficient (Wildman–Crippen LogP) is 10.6. The highest BCUT2D eigenvalue weighted by atomic mass is 31.2. The van der Waals surface area contributed by atoms with E-state index >= 15 is 0 Å². The number of nitrogens with zero attached hydrogens (tertiary/aromatic N) is 1. The van der Waals surface area contributed by atoms with Crippen LogP contribution in [0.4, 0.5) is 0 Å². The van der Waals surface area contributed by atoms with Gasteiger partial charge in [0, 0.05) is 12.8 Å². The molecule has 5 unspecified atom stereocenters. The third kappa shape index (κ3) is 34.7. The number of ether oxygens (including phenoxy) is 3. The molecule has 0 aromatic heterocycles. The van der Waals surface area contributed by atoms with E-state index in [0.29, 0.717) is 36.7 Å². The summed E-state index contributed by atoms with van der Waals surface area (Å²) < 4.78 is 39.8. The second kappa shape index (κ2) is 34.6. The van der Waals surface area contributed by atoms with Gasteiger partial charge in [0.15, 0.2) is 6.10 Å². The van der Waals surface area contributed by atoms with Crippen LogP contribution in [0.2, 0.25) is 0 Å². The highest BCUT2D eigenvalue weighted by Crippen LogP contribution is 2.43. The largest absolute Gasteiger partial charge is 0.472 e. The summed E-state index contributed by atoms with van der Waals surface area (Å²) in [5.41, 5.74) is 0. The number of epoxide rings is 1. The van der Waals surface area contributed by atoms with Crippen LogP contribution in [0.15, 0.2) is 48.6 Å². The molecule has 0 aromatic rings. The van der Waals surface area contributed by atoms with Crippen molar-refractivity contribution in [1.29, 1.82) is 0 Å². The molecule has 0 bridgehead atoms. The molecule has 1 heterocycles. The summed E-state index contributed by atoms with van der Waals surface area (Å²) in [6.45, 7) is 4.18. The first-order chi connectivity index (χ1) is 27.8. The molecule has 0 saturated carbocycles. The van der Waals surface area contributed by atoms with Crippen LogP contribution in [0.25, 0.3) is 0 Å². The summed E-state index contributed by atoms with van der Waals surface area (Å²) in [7, 11) is 1.37. The lowest BCUT2D eigenvalue weighted by molar-refractivity contribution is -0.870. The van der Waals surface area contributed by atoms with Gasteiger partial charge in [-0.15, -0.1) is 0 Å². The molecule has 1 aliphatic heterocycles. The van der Waals surface area contributed by atoms with E-state index in [0.717, 1.165) is 44.9 Å². The standard InChI is InChI=1S/C46H82NO10P/c1-6-8-10-12-14-15-16-17-18-19-20-21-22-24-29-33-45(49)53-39-42(40-55-58(51,52)54-38-37-47(3,4)5)56-46(50)34-30-26-25-27-31-41(48)35-36-44-43(57-44)32-28-23-13-11-9-7-2/h17-18,23,25,27-28,35-36,41-44,48H,6-16,19-22,24,26,29-34,37-40H2,1-5H3/p+1/b18-17-,27-25+,28-23+,36-35-. The second-order valence-electron chi connectivity index (χ2n) is 16.6. The molecular weight excluding hydrogens is 757 g/mol. The highest BCUT2D eigenvalue weighted by molar-refractivity contribution is 7.47. The van der Waals surface area contributed by atoms with Gasteiger partial charge in [-0.1, -0.05) is 127 Å². The molecule has 2 N–H and O–H groups in total. The first-order valence-electron chi connectivity index (χ1n) is 22.6. The summed E-state index contributed by atoms with van der Waals surface area (Å²) >= 11 is 0. The lowest BCUT2D eigenvalue weighted by Gasteiger charge is -2.24. The Morgan fingerprint density at radius 3 is 1.93 bits per heavy atom. The van der Waals surface area contributed by atoms with Crippen LogP contribution in [0.1, 0.15) is 162 Å². The maximum absolute atomic E-state index is 12.7. The third-order valence-corrected chi connectivity index (χ3v) is 10.7. The number of likely N-dealkylation sites (N-methyl/N-ethyl adjacent to an activating group) is 1. The number of aliphatic hydroxyl groups excluding tert-OH is 1. The predicted molar refractivity (Wildman–Crippen MR) is 234 cm³/mol. The molecule has 0 aromatic carbocycles. The number of aliphatic hydroxyl groups is 1. The molecule has 1 aliphatic rings. The summed E-state index contributed by atoms with van der Waals surface area (Å²) in [5.74, 6) is -0.950. The van der Waals surface area contributed by atoms with Crippen molar-refractivity contribution >= 4 is 19.8 Å². The normalized spacial score (nSPS) is 18.1. The van der Waals surface area contributed by atoms with E-state index in [-0.39, 0.29) is 38.3 Å². The van der Waals surface area contributed by atoms with Crippen LogP contribution in [-0.2, 0) is 37.4 Å². The van der Waals surface area contributed by atoms with Crippen molar-refractivity contribution in [2.75, 3.05) is 47.5 Å². The highest BCUT2D eigenvalue weighted by Gasteiger charge is 2.35. The molecule has 336 valence electrons. The van der Waals surface area contributed by atoms with E-state index in [1.54, 1.807) is 6.08 Å². The Balaban J connectivity index is 2.37. The van der Waals surface area contributed by atoms with Gasteiger partial charge < -0.3 is 28.7 Å². The van der Waals surface area contributed by atoms with Crippen molar-refractivity contribution in [3.8, 4) is 0 Å². The summed E-state index contributed by atoms with van der Waals surface area (Å²) in [6.07, 6.45) is 37.8. The summed E-state index contributed by atoms with van der Waals surface area (Å²) in [6, 6.07) is 0. The van der Waals surface area contributed by atoms with Crippen LogP contribution < -0.4 is 0 Å². The number of rotatable bonds is 39. The van der Waals surface area contributed by atoms with Crippen molar-refractivity contribution in [1.82, 2.24) is 0 Å². The topological polar surface area (TPSA) is 141 Å². The number of allylic oxidation sites excluding steroid dienone is 4. The number of phosphoric acid groups is 1. The fourth-order valence-electron chi connectivity index (χ4n) is 6.01. The second-order valence-corrected chi connectivity index (χ2v) is 18.1. The number of hydrogen-bond donors (Lipinski definition) is 2. The van der Waals surface area contributed by atoms with E-state index in [1.807, 2.05) is 39.4 Å². The molecule has 0 spiro atoms. The molecule has 0 radical (unpaired) electrons. The van der Waals surface area contributed by atoms with Gasteiger partial charge in [0.1, 0.15) is 25.9 Å². The van der Waals surface area contributed by atoms with Crippen molar-refractivity contribution in [3.63, 3.8) is 0 Å². The number of unbranched alkanes of at least 4 members (excludes halogenated alkanes) is 15. The fourth-order valence-corrected chi connectivity index (χ4v) is 6.76. The molecule has 1 fully saturated rings. The van der Waals surface area contributed by atoms with Gasteiger partial charge in [-0.05, 0) is 70.6 Å². The minimum atomic E-state index is -4.42. The zero-order valence-corrected chi connectivity index (χ0v) is 38.0. The number of carbonyl (C=O) groups is 2. The number of esters is 2.